The van der Waals surface area contributed by atoms with E-state index >= 15 is 0 Å². The lowest BCUT2D eigenvalue weighted by Gasteiger charge is -2.22. The van der Waals surface area contributed by atoms with E-state index in [-0.39, 0.29) is 11.9 Å². The molecule has 3 rings (SSSR count). The molecule has 0 spiro atoms. The van der Waals surface area contributed by atoms with Gasteiger partial charge in [0.05, 0.1) is 17.7 Å². The van der Waals surface area contributed by atoms with Crippen LogP contribution in [0.25, 0.3) is 0 Å². The van der Waals surface area contributed by atoms with E-state index in [1.165, 1.54) is 16.7 Å². The van der Waals surface area contributed by atoms with Crippen molar-refractivity contribution >= 4 is 0 Å². The summed E-state index contributed by atoms with van der Waals surface area (Å²) in [6.07, 6.45) is 4.42. The highest BCUT2D eigenvalue weighted by Gasteiger charge is 2.17. The Bertz CT molecular complexity index is 1050. The lowest BCUT2D eigenvalue weighted by Crippen LogP contribution is -2.06. The van der Waals surface area contributed by atoms with Gasteiger partial charge in [-0.15, -0.1) is 0 Å². The topological polar surface area (TPSA) is 33.0 Å². The molecule has 178 valence electrons. The van der Waals surface area contributed by atoms with Crippen LogP contribution in [0, 0.1) is 17.1 Å². The van der Waals surface area contributed by atoms with Crippen molar-refractivity contribution in [2.75, 3.05) is 0 Å². The summed E-state index contributed by atoms with van der Waals surface area (Å²) in [5, 5.41) is 9.17. The molecule has 0 aliphatic rings. The maximum atomic E-state index is 13.3. The van der Waals surface area contributed by atoms with E-state index in [2.05, 4.69) is 56.3 Å². The molecule has 2 nitrogen and oxygen atoms in total. The quantitative estimate of drug-likeness (QED) is 0.288. The molecule has 0 saturated heterocycles. The predicted molar refractivity (Wildman–Crippen MR) is 138 cm³/mol. The van der Waals surface area contributed by atoms with Gasteiger partial charge in [-0.1, -0.05) is 50.2 Å². The van der Waals surface area contributed by atoms with Crippen molar-refractivity contribution in [3.8, 4) is 11.8 Å². The van der Waals surface area contributed by atoms with Gasteiger partial charge in [0.15, 0.2) is 0 Å². The van der Waals surface area contributed by atoms with E-state index in [4.69, 9.17) is 4.74 Å². The number of ether oxygens (including phenoxy) is 1. The molecule has 0 aliphatic carbocycles. The maximum absolute atomic E-state index is 13.3. The van der Waals surface area contributed by atoms with Gasteiger partial charge in [-0.25, -0.2) is 4.39 Å². The van der Waals surface area contributed by atoms with Crippen molar-refractivity contribution in [2.24, 2.45) is 0 Å². The summed E-state index contributed by atoms with van der Waals surface area (Å²) in [6.45, 7) is 8.58. The fourth-order valence-corrected chi connectivity index (χ4v) is 4.48. The van der Waals surface area contributed by atoms with Crippen LogP contribution >= 0.6 is 0 Å². The van der Waals surface area contributed by atoms with Crippen molar-refractivity contribution in [3.63, 3.8) is 0 Å². The second-order valence-electron chi connectivity index (χ2n) is 9.67. The van der Waals surface area contributed by atoms with Crippen LogP contribution in [0.15, 0.2) is 72.8 Å². The first-order chi connectivity index (χ1) is 16.4. The molecule has 0 bridgehead atoms. The molecule has 0 heterocycles. The Morgan fingerprint density at radius 2 is 1.15 bits per heavy atom. The molecule has 0 amide bonds. The van der Waals surface area contributed by atoms with Crippen LogP contribution in [0.1, 0.15) is 93.4 Å². The first kappa shape index (κ1) is 25.5. The van der Waals surface area contributed by atoms with E-state index in [0.29, 0.717) is 23.3 Å². The Labute approximate surface area is 204 Å². The van der Waals surface area contributed by atoms with Gasteiger partial charge in [-0.3, -0.25) is 0 Å². The summed E-state index contributed by atoms with van der Waals surface area (Å²) in [7, 11) is 0. The zero-order valence-corrected chi connectivity index (χ0v) is 20.8. The Kier molecular flexibility index (Phi) is 9.28. The maximum Gasteiger partial charge on any atom is 0.123 e. The number of nitrogens with zero attached hydrogens (tertiary/aromatic N) is 1. The van der Waals surface area contributed by atoms with Gasteiger partial charge < -0.3 is 4.74 Å². The minimum absolute atomic E-state index is 0.175. The second kappa shape index (κ2) is 12.4. The molecule has 0 aromatic heterocycles. The third kappa shape index (κ3) is 7.45. The second-order valence-corrected chi connectivity index (χ2v) is 9.67. The van der Waals surface area contributed by atoms with Gasteiger partial charge in [-0.2, -0.15) is 5.26 Å². The Morgan fingerprint density at radius 3 is 1.62 bits per heavy atom. The van der Waals surface area contributed by atoms with E-state index in [9.17, 15) is 9.65 Å². The summed E-state index contributed by atoms with van der Waals surface area (Å²) in [4.78, 5) is 0. The third-order valence-corrected chi connectivity index (χ3v) is 6.67. The summed E-state index contributed by atoms with van der Waals surface area (Å²) < 4.78 is 19.1. The molecule has 0 aliphatic heterocycles. The molecule has 3 aromatic rings. The molecule has 0 radical (unpaired) electrons. The van der Waals surface area contributed by atoms with Gasteiger partial charge in [0.2, 0.25) is 0 Å². The van der Waals surface area contributed by atoms with E-state index in [1.807, 2.05) is 38.1 Å². The normalized spacial score (nSPS) is 13.8. The van der Waals surface area contributed by atoms with Gasteiger partial charge >= 0.3 is 0 Å². The van der Waals surface area contributed by atoms with Crippen LogP contribution in [-0.2, 0) is 0 Å². The van der Waals surface area contributed by atoms with Crippen LogP contribution in [0.2, 0.25) is 0 Å². The Balaban J connectivity index is 1.66. The molecule has 0 saturated carbocycles. The predicted octanol–water partition coefficient (Wildman–Crippen LogP) is 8.74. The molecule has 0 fully saturated rings. The van der Waals surface area contributed by atoms with E-state index in [1.54, 1.807) is 12.1 Å². The van der Waals surface area contributed by atoms with Crippen LogP contribution in [0.5, 0.6) is 5.75 Å². The number of hydrogen-bond acceptors (Lipinski definition) is 2. The molecule has 0 N–H and O–H groups in total. The number of halogens is 1. The van der Waals surface area contributed by atoms with Crippen LogP contribution in [0.4, 0.5) is 4.39 Å². The first-order valence-corrected chi connectivity index (χ1v) is 12.4. The molecule has 3 heteroatoms. The van der Waals surface area contributed by atoms with E-state index in [0.717, 1.165) is 31.4 Å². The van der Waals surface area contributed by atoms with Gasteiger partial charge in [-0.05, 0) is 110 Å². The van der Waals surface area contributed by atoms with Gasteiger partial charge in [0, 0.05) is 0 Å². The monoisotopic (exact) mass is 457 g/mol. The zero-order chi connectivity index (χ0) is 24.5. The van der Waals surface area contributed by atoms with Gasteiger partial charge in [0.1, 0.15) is 11.6 Å². The van der Waals surface area contributed by atoms with Crippen molar-refractivity contribution in [3.05, 3.63) is 101 Å². The Hall–Kier alpha value is -3.12. The number of nitriles is 1. The average molecular weight is 458 g/mol. The van der Waals surface area contributed by atoms with Crippen molar-refractivity contribution in [2.45, 2.75) is 77.2 Å². The molecule has 34 heavy (non-hydrogen) atoms. The Morgan fingerprint density at radius 1 is 0.676 bits per heavy atom. The van der Waals surface area contributed by atoms with Crippen molar-refractivity contribution < 1.29 is 9.13 Å². The van der Waals surface area contributed by atoms with Crippen LogP contribution in [0.3, 0.4) is 0 Å². The van der Waals surface area contributed by atoms with Crippen LogP contribution in [-0.4, -0.2) is 6.10 Å². The minimum Gasteiger partial charge on any atom is -0.491 e. The smallest absolute Gasteiger partial charge is 0.123 e. The number of benzene rings is 3. The summed E-state index contributed by atoms with van der Waals surface area (Å²) >= 11 is 0. The number of rotatable bonds is 11. The van der Waals surface area contributed by atoms with Gasteiger partial charge in [0.25, 0.3) is 0 Å². The largest absolute Gasteiger partial charge is 0.491 e. The molecule has 3 atom stereocenters. The minimum atomic E-state index is -0.191. The zero-order valence-electron chi connectivity index (χ0n) is 20.8. The lowest BCUT2D eigenvalue weighted by molar-refractivity contribution is 0.242. The van der Waals surface area contributed by atoms with Crippen molar-refractivity contribution in [1.29, 1.82) is 5.26 Å². The fraction of sp³-hybridized carbons (Fsp3) is 0.387. The standard InChI is InChI=1S/C31H36FNO/c1-22(2)34-31-19-15-27(16-20-31)24(4)6-10-28(29-11-7-25(21-33)8-12-29)9-5-23(3)26-13-17-30(32)18-14-26/h7-8,11-20,22-24,28H,5-6,9-10H2,1-4H3. The van der Waals surface area contributed by atoms with Crippen LogP contribution < -0.4 is 4.74 Å². The summed E-state index contributed by atoms with van der Waals surface area (Å²) in [6, 6.07) is 25.6. The molecule has 3 aromatic carbocycles. The molecule has 3 unspecified atom stereocenters. The summed E-state index contributed by atoms with van der Waals surface area (Å²) in [5.41, 5.74) is 4.49. The summed E-state index contributed by atoms with van der Waals surface area (Å²) in [5.74, 6) is 1.96. The lowest BCUT2D eigenvalue weighted by atomic mass is 9.83. The van der Waals surface area contributed by atoms with Crippen molar-refractivity contribution in [1.82, 2.24) is 0 Å². The number of hydrogen-bond donors (Lipinski definition) is 0. The first-order valence-electron chi connectivity index (χ1n) is 12.4. The molecular formula is C31H36FNO. The molecular weight excluding hydrogens is 421 g/mol. The highest BCUT2D eigenvalue weighted by molar-refractivity contribution is 5.33. The highest BCUT2D eigenvalue weighted by atomic mass is 19.1. The average Bonchev–Trinajstić information content (AvgIpc) is 2.84. The third-order valence-electron chi connectivity index (χ3n) is 6.67. The highest BCUT2D eigenvalue weighted by Crippen LogP contribution is 2.34. The fourth-order valence-electron chi connectivity index (χ4n) is 4.48. The van der Waals surface area contributed by atoms with E-state index < -0.39 is 0 Å². The SMILES string of the molecule is CC(C)Oc1ccc(C(C)CCC(CCC(C)c2ccc(F)cc2)c2ccc(C#N)cc2)cc1.